The Kier molecular flexibility index (Phi) is 3.70. The van der Waals surface area contributed by atoms with Gasteiger partial charge in [0.25, 0.3) is 0 Å². The summed E-state index contributed by atoms with van der Waals surface area (Å²) in [6, 6.07) is 10.0. The van der Waals surface area contributed by atoms with E-state index in [9.17, 15) is 5.11 Å². The number of aromatic nitrogens is 2. The van der Waals surface area contributed by atoms with Crippen LogP contribution in [0.15, 0.2) is 30.3 Å². The molecule has 0 bridgehead atoms. The number of hydrogen-bond acceptors (Lipinski definition) is 2. The second kappa shape index (κ2) is 5.25. The van der Waals surface area contributed by atoms with Crippen molar-refractivity contribution in [1.82, 2.24) is 9.78 Å². The average Bonchev–Trinajstić information content (AvgIpc) is 2.69. The van der Waals surface area contributed by atoms with Crippen LogP contribution in [-0.4, -0.2) is 14.9 Å². The van der Waals surface area contributed by atoms with Crippen molar-refractivity contribution in [3.8, 4) is 17.1 Å². The normalized spacial score (nSPS) is 11.1. The Hall–Kier alpha value is -1.77. The molecular formula is C15H20N2O. The summed E-state index contributed by atoms with van der Waals surface area (Å²) in [5.74, 6) is 0.566. The van der Waals surface area contributed by atoms with Crippen molar-refractivity contribution in [2.24, 2.45) is 0 Å². The van der Waals surface area contributed by atoms with Gasteiger partial charge in [0, 0.05) is 17.7 Å². The van der Waals surface area contributed by atoms with E-state index in [1.54, 1.807) is 4.68 Å². The molecule has 0 unspecified atom stereocenters. The number of benzene rings is 1. The molecule has 0 fully saturated rings. The van der Waals surface area contributed by atoms with Gasteiger partial charge in [0.05, 0.1) is 5.69 Å². The van der Waals surface area contributed by atoms with Gasteiger partial charge >= 0.3 is 0 Å². The third kappa shape index (κ3) is 2.26. The highest BCUT2D eigenvalue weighted by Gasteiger charge is 2.20. The molecule has 2 aromatic rings. The molecule has 0 saturated heterocycles. The summed E-state index contributed by atoms with van der Waals surface area (Å²) in [4.78, 5) is 0. The van der Waals surface area contributed by atoms with Crippen molar-refractivity contribution < 1.29 is 5.11 Å². The largest absolute Gasteiger partial charge is 0.493 e. The van der Waals surface area contributed by atoms with Crippen LogP contribution in [0.2, 0.25) is 0 Å². The molecule has 1 N–H and O–H groups in total. The summed E-state index contributed by atoms with van der Waals surface area (Å²) in [6.45, 7) is 7.00. The molecule has 0 aliphatic heterocycles. The monoisotopic (exact) mass is 244 g/mol. The molecule has 0 spiro atoms. The van der Waals surface area contributed by atoms with E-state index in [1.807, 2.05) is 30.3 Å². The first-order chi connectivity index (χ1) is 8.65. The van der Waals surface area contributed by atoms with E-state index in [0.29, 0.717) is 5.88 Å². The summed E-state index contributed by atoms with van der Waals surface area (Å²) < 4.78 is 1.71. The smallest absolute Gasteiger partial charge is 0.213 e. The Morgan fingerprint density at radius 2 is 1.89 bits per heavy atom. The molecular weight excluding hydrogens is 224 g/mol. The first-order valence-electron chi connectivity index (χ1n) is 6.50. The lowest BCUT2D eigenvalue weighted by Crippen LogP contribution is -1.98. The van der Waals surface area contributed by atoms with Gasteiger partial charge < -0.3 is 5.11 Å². The molecule has 0 saturated carbocycles. The molecule has 0 atom stereocenters. The Balaban J connectivity index is 2.56. The molecule has 18 heavy (non-hydrogen) atoms. The minimum atomic E-state index is 0.255. The van der Waals surface area contributed by atoms with E-state index in [1.165, 1.54) is 0 Å². The van der Waals surface area contributed by atoms with Gasteiger partial charge in [-0.2, -0.15) is 5.10 Å². The van der Waals surface area contributed by atoms with Crippen LogP contribution in [0, 0.1) is 0 Å². The standard InChI is InChI=1S/C15H20N2O/c1-4-10-17-15(18)13(11(2)3)14(16-17)12-8-6-5-7-9-12/h5-9,11,18H,4,10H2,1-3H3. The van der Waals surface area contributed by atoms with Crippen LogP contribution < -0.4 is 0 Å². The Morgan fingerprint density at radius 3 is 2.44 bits per heavy atom. The summed E-state index contributed by atoms with van der Waals surface area (Å²) in [5, 5.41) is 14.8. The fourth-order valence-corrected chi connectivity index (χ4v) is 2.18. The molecule has 2 rings (SSSR count). The van der Waals surface area contributed by atoms with Gasteiger partial charge in [-0.25, -0.2) is 4.68 Å². The highest BCUT2D eigenvalue weighted by Crippen LogP contribution is 2.35. The lowest BCUT2D eigenvalue weighted by Gasteiger charge is -2.06. The zero-order chi connectivity index (χ0) is 13.1. The fourth-order valence-electron chi connectivity index (χ4n) is 2.18. The first-order valence-corrected chi connectivity index (χ1v) is 6.50. The third-order valence-electron chi connectivity index (χ3n) is 3.02. The lowest BCUT2D eigenvalue weighted by atomic mass is 9.99. The highest BCUT2D eigenvalue weighted by molar-refractivity contribution is 5.66. The van der Waals surface area contributed by atoms with Crippen molar-refractivity contribution in [2.45, 2.75) is 39.7 Å². The number of hydrogen-bond donors (Lipinski definition) is 1. The van der Waals surface area contributed by atoms with Crippen LogP contribution in [0.25, 0.3) is 11.3 Å². The van der Waals surface area contributed by atoms with Gasteiger partial charge in [-0.15, -0.1) is 0 Å². The van der Waals surface area contributed by atoms with Crippen molar-refractivity contribution in [3.05, 3.63) is 35.9 Å². The van der Waals surface area contributed by atoms with Gasteiger partial charge in [-0.05, 0) is 12.3 Å². The number of rotatable bonds is 4. The zero-order valence-electron chi connectivity index (χ0n) is 11.2. The minimum absolute atomic E-state index is 0.255. The number of aryl methyl sites for hydroxylation is 1. The van der Waals surface area contributed by atoms with Gasteiger partial charge in [-0.3, -0.25) is 0 Å². The average molecular weight is 244 g/mol. The Labute approximate surface area is 108 Å². The molecule has 1 aromatic carbocycles. The molecule has 3 nitrogen and oxygen atoms in total. The summed E-state index contributed by atoms with van der Waals surface area (Å²) >= 11 is 0. The van der Waals surface area contributed by atoms with Crippen LogP contribution in [0.4, 0.5) is 0 Å². The second-order valence-electron chi connectivity index (χ2n) is 4.83. The summed E-state index contributed by atoms with van der Waals surface area (Å²) in [6.07, 6.45) is 0.959. The molecule has 0 radical (unpaired) electrons. The number of nitrogens with zero attached hydrogens (tertiary/aromatic N) is 2. The van der Waals surface area contributed by atoms with E-state index in [-0.39, 0.29) is 5.92 Å². The number of aromatic hydroxyl groups is 1. The highest BCUT2D eigenvalue weighted by atomic mass is 16.3. The molecule has 1 aromatic heterocycles. The molecule has 0 amide bonds. The summed E-state index contributed by atoms with van der Waals surface area (Å²) in [7, 11) is 0. The lowest BCUT2D eigenvalue weighted by molar-refractivity contribution is 0.391. The fraction of sp³-hybridized carbons (Fsp3) is 0.400. The van der Waals surface area contributed by atoms with E-state index in [0.717, 1.165) is 29.8 Å². The van der Waals surface area contributed by atoms with Crippen LogP contribution in [-0.2, 0) is 6.54 Å². The van der Waals surface area contributed by atoms with Crippen LogP contribution in [0.1, 0.15) is 38.7 Å². The molecule has 3 heteroatoms. The van der Waals surface area contributed by atoms with Gasteiger partial charge in [0.2, 0.25) is 5.88 Å². The Morgan fingerprint density at radius 1 is 1.22 bits per heavy atom. The molecule has 0 aliphatic rings. The van der Waals surface area contributed by atoms with Gasteiger partial charge in [0.1, 0.15) is 0 Å². The van der Waals surface area contributed by atoms with Crippen molar-refractivity contribution in [1.29, 1.82) is 0 Å². The van der Waals surface area contributed by atoms with Gasteiger partial charge in [-0.1, -0.05) is 51.1 Å². The van der Waals surface area contributed by atoms with E-state index in [2.05, 4.69) is 25.9 Å². The molecule has 0 aliphatic carbocycles. The SMILES string of the molecule is CCCn1nc(-c2ccccc2)c(C(C)C)c1O. The van der Waals surface area contributed by atoms with E-state index >= 15 is 0 Å². The topological polar surface area (TPSA) is 38.0 Å². The van der Waals surface area contributed by atoms with Crippen LogP contribution >= 0.6 is 0 Å². The van der Waals surface area contributed by atoms with Crippen molar-refractivity contribution in [2.75, 3.05) is 0 Å². The van der Waals surface area contributed by atoms with Crippen LogP contribution in [0.3, 0.4) is 0 Å². The minimum Gasteiger partial charge on any atom is -0.493 e. The predicted octanol–water partition coefficient (Wildman–Crippen LogP) is 3.79. The predicted molar refractivity (Wildman–Crippen MR) is 73.7 cm³/mol. The zero-order valence-corrected chi connectivity index (χ0v) is 11.2. The maximum Gasteiger partial charge on any atom is 0.213 e. The van der Waals surface area contributed by atoms with Crippen LogP contribution in [0.5, 0.6) is 5.88 Å². The van der Waals surface area contributed by atoms with Crippen molar-refractivity contribution >= 4 is 0 Å². The maximum atomic E-state index is 10.3. The summed E-state index contributed by atoms with van der Waals surface area (Å²) in [5.41, 5.74) is 2.90. The second-order valence-corrected chi connectivity index (χ2v) is 4.83. The molecule has 96 valence electrons. The third-order valence-corrected chi connectivity index (χ3v) is 3.02. The van der Waals surface area contributed by atoms with Gasteiger partial charge in [0.15, 0.2) is 0 Å². The first kappa shape index (κ1) is 12.7. The molecule has 1 heterocycles. The quantitative estimate of drug-likeness (QED) is 0.888. The van der Waals surface area contributed by atoms with Crippen molar-refractivity contribution in [3.63, 3.8) is 0 Å². The Bertz CT molecular complexity index is 515. The van der Waals surface area contributed by atoms with E-state index in [4.69, 9.17) is 0 Å². The maximum absolute atomic E-state index is 10.3. The van der Waals surface area contributed by atoms with E-state index < -0.39 is 0 Å².